The van der Waals surface area contributed by atoms with E-state index in [1.54, 1.807) is 23.9 Å². The Bertz CT molecular complexity index is 577. The lowest BCUT2D eigenvalue weighted by molar-refractivity contribution is -0.385. The Hall–Kier alpha value is -2.37. The van der Waals surface area contributed by atoms with E-state index < -0.39 is 0 Å². The molecule has 0 saturated carbocycles. The highest BCUT2D eigenvalue weighted by molar-refractivity contribution is 5.59. The number of hydrogen-bond donors (Lipinski definition) is 1. The summed E-state index contributed by atoms with van der Waals surface area (Å²) in [6.07, 6.45) is 3.67. The van der Waals surface area contributed by atoms with E-state index in [4.69, 9.17) is 0 Å². The predicted octanol–water partition coefficient (Wildman–Crippen LogP) is 2.25. The van der Waals surface area contributed by atoms with Crippen LogP contribution in [0.15, 0.2) is 30.6 Å². The Balaban J connectivity index is 2.14. The molecule has 2 aromatic rings. The number of nitrogens with one attached hydrogen (secondary N) is 1. The van der Waals surface area contributed by atoms with Gasteiger partial charge in [0.05, 0.1) is 11.1 Å². The van der Waals surface area contributed by atoms with Crippen molar-refractivity contribution in [3.8, 4) is 0 Å². The summed E-state index contributed by atoms with van der Waals surface area (Å²) in [5.74, 6) is 0. The van der Waals surface area contributed by atoms with Crippen LogP contribution in [0.1, 0.15) is 11.1 Å². The third-order valence-electron chi connectivity index (χ3n) is 2.74. The Morgan fingerprint density at radius 3 is 2.89 bits per heavy atom. The van der Waals surface area contributed by atoms with Crippen LogP contribution in [0.3, 0.4) is 0 Å². The quantitative estimate of drug-likeness (QED) is 0.663. The highest BCUT2D eigenvalue weighted by Gasteiger charge is 2.12. The topological polar surface area (TPSA) is 73.0 Å². The number of nitro groups is 1. The largest absolute Gasteiger partial charge is 0.380 e. The molecule has 0 fully saturated rings. The molecule has 0 amide bonds. The molecular formula is C12H14N4O2. The minimum Gasteiger partial charge on any atom is -0.380 e. The van der Waals surface area contributed by atoms with Crippen molar-refractivity contribution in [1.29, 1.82) is 0 Å². The Morgan fingerprint density at radius 2 is 2.28 bits per heavy atom. The molecule has 0 saturated heterocycles. The maximum absolute atomic E-state index is 10.8. The van der Waals surface area contributed by atoms with Crippen molar-refractivity contribution in [3.05, 3.63) is 51.8 Å². The summed E-state index contributed by atoms with van der Waals surface area (Å²) >= 11 is 0. The molecule has 1 heterocycles. The van der Waals surface area contributed by atoms with Crippen LogP contribution in [0.4, 0.5) is 11.4 Å². The van der Waals surface area contributed by atoms with E-state index in [-0.39, 0.29) is 10.6 Å². The van der Waals surface area contributed by atoms with Gasteiger partial charge < -0.3 is 5.32 Å². The van der Waals surface area contributed by atoms with Gasteiger partial charge in [-0.1, -0.05) is 6.07 Å². The first kappa shape index (κ1) is 12.1. The molecule has 2 rings (SSSR count). The van der Waals surface area contributed by atoms with Crippen molar-refractivity contribution in [3.63, 3.8) is 0 Å². The SMILES string of the molecule is Cc1c(NCc2cnn(C)c2)cccc1[N+](=O)[O-]. The lowest BCUT2D eigenvalue weighted by atomic mass is 10.1. The fourth-order valence-corrected chi connectivity index (χ4v) is 1.77. The zero-order valence-electron chi connectivity index (χ0n) is 10.3. The van der Waals surface area contributed by atoms with Gasteiger partial charge in [-0.05, 0) is 13.0 Å². The van der Waals surface area contributed by atoms with Gasteiger partial charge in [-0.15, -0.1) is 0 Å². The van der Waals surface area contributed by atoms with Crippen molar-refractivity contribution in [2.45, 2.75) is 13.5 Å². The molecule has 0 bridgehead atoms. The molecule has 94 valence electrons. The zero-order valence-corrected chi connectivity index (χ0v) is 10.3. The average molecular weight is 246 g/mol. The van der Waals surface area contributed by atoms with Gasteiger partial charge in [0.2, 0.25) is 0 Å². The zero-order chi connectivity index (χ0) is 13.1. The first-order valence-electron chi connectivity index (χ1n) is 5.53. The molecule has 1 aromatic carbocycles. The predicted molar refractivity (Wildman–Crippen MR) is 68.4 cm³/mol. The van der Waals surface area contributed by atoms with E-state index in [1.165, 1.54) is 6.07 Å². The average Bonchev–Trinajstić information content (AvgIpc) is 2.73. The van der Waals surface area contributed by atoms with Gasteiger partial charge >= 0.3 is 0 Å². The van der Waals surface area contributed by atoms with Crippen LogP contribution in [-0.4, -0.2) is 14.7 Å². The normalized spacial score (nSPS) is 10.3. The molecule has 18 heavy (non-hydrogen) atoms. The van der Waals surface area contributed by atoms with Crippen molar-refractivity contribution >= 4 is 11.4 Å². The van der Waals surface area contributed by atoms with Gasteiger partial charge in [0.1, 0.15) is 0 Å². The Labute approximate surface area is 104 Å². The van der Waals surface area contributed by atoms with Gasteiger partial charge in [0.15, 0.2) is 0 Å². The molecule has 0 spiro atoms. The second kappa shape index (κ2) is 4.87. The number of hydrogen-bond acceptors (Lipinski definition) is 4. The standard InChI is InChI=1S/C12H14N4O2/c1-9-11(4-3-5-12(9)16(17)18)13-6-10-7-14-15(2)8-10/h3-5,7-8,13H,6H2,1-2H3. The fraction of sp³-hybridized carbons (Fsp3) is 0.250. The van der Waals surface area contributed by atoms with Crippen molar-refractivity contribution < 1.29 is 4.92 Å². The number of aryl methyl sites for hydroxylation is 1. The number of rotatable bonds is 4. The van der Waals surface area contributed by atoms with E-state index in [0.29, 0.717) is 12.1 Å². The fourth-order valence-electron chi connectivity index (χ4n) is 1.77. The molecule has 0 aliphatic rings. The van der Waals surface area contributed by atoms with Crippen molar-refractivity contribution in [1.82, 2.24) is 9.78 Å². The summed E-state index contributed by atoms with van der Waals surface area (Å²) in [5.41, 5.74) is 2.58. The summed E-state index contributed by atoms with van der Waals surface area (Å²) in [6.45, 7) is 2.33. The molecule has 0 unspecified atom stereocenters. The Kier molecular flexibility index (Phi) is 3.27. The van der Waals surface area contributed by atoms with Crippen LogP contribution in [0.25, 0.3) is 0 Å². The van der Waals surface area contributed by atoms with Crippen LogP contribution < -0.4 is 5.32 Å². The summed E-state index contributed by atoms with van der Waals surface area (Å²) in [6, 6.07) is 5.01. The molecule has 6 nitrogen and oxygen atoms in total. The lowest BCUT2D eigenvalue weighted by Gasteiger charge is -2.08. The molecule has 0 atom stereocenters. The van der Waals surface area contributed by atoms with E-state index in [2.05, 4.69) is 10.4 Å². The molecule has 0 radical (unpaired) electrons. The molecule has 0 aliphatic carbocycles. The van der Waals surface area contributed by atoms with Gasteiger partial charge in [-0.2, -0.15) is 5.10 Å². The van der Waals surface area contributed by atoms with Crippen LogP contribution in [0, 0.1) is 17.0 Å². The van der Waals surface area contributed by atoms with E-state index in [9.17, 15) is 10.1 Å². The van der Waals surface area contributed by atoms with Crippen LogP contribution in [0.5, 0.6) is 0 Å². The molecule has 6 heteroatoms. The van der Waals surface area contributed by atoms with Crippen LogP contribution >= 0.6 is 0 Å². The van der Waals surface area contributed by atoms with Crippen molar-refractivity contribution in [2.24, 2.45) is 7.05 Å². The maximum Gasteiger partial charge on any atom is 0.274 e. The third kappa shape index (κ3) is 2.48. The van der Waals surface area contributed by atoms with Crippen LogP contribution in [-0.2, 0) is 13.6 Å². The van der Waals surface area contributed by atoms with Crippen molar-refractivity contribution in [2.75, 3.05) is 5.32 Å². The first-order chi connectivity index (χ1) is 8.58. The summed E-state index contributed by atoms with van der Waals surface area (Å²) in [4.78, 5) is 10.4. The summed E-state index contributed by atoms with van der Waals surface area (Å²) in [7, 11) is 1.85. The monoisotopic (exact) mass is 246 g/mol. The number of benzene rings is 1. The molecule has 1 N–H and O–H groups in total. The molecule has 0 aliphatic heterocycles. The Morgan fingerprint density at radius 1 is 1.50 bits per heavy atom. The van der Waals surface area contributed by atoms with E-state index in [1.807, 2.05) is 19.3 Å². The number of nitro benzene ring substituents is 1. The number of nitrogens with zero attached hydrogens (tertiary/aromatic N) is 3. The highest BCUT2D eigenvalue weighted by Crippen LogP contribution is 2.25. The summed E-state index contributed by atoms with van der Waals surface area (Å²) in [5, 5.41) is 18.1. The van der Waals surface area contributed by atoms with Gasteiger partial charge in [0.25, 0.3) is 5.69 Å². The van der Waals surface area contributed by atoms with Gasteiger partial charge in [0, 0.05) is 42.7 Å². The number of anilines is 1. The van der Waals surface area contributed by atoms with Crippen LogP contribution in [0.2, 0.25) is 0 Å². The van der Waals surface area contributed by atoms with E-state index in [0.717, 1.165) is 11.3 Å². The minimum absolute atomic E-state index is 0.131. The summed E-state index contributed by atoms with van der Waals surface area (Å²) < 4.78 is 1.72. The second-order valence-corrected chi connectivity index (χ2v) is 4.08. The second-order valence-electron chi connectivity index (χ2n) is 4.08. The number of aromatic nitrogens is 2. The van der Waals surface area contributed by atoms with Gasteiger partial charge in [-0.3, -0.25) is 14.8 Å². The van der Waals surface area contributed by atoms with Gasteiger partial charge in [-0.25, -0.2) is 0 Å². The highest BCUT2D eigenvalue weighted by atomic mass is 16.6. The minimum atomic E-state index is -0.370. The molecular weight excluding hydrogens is 232 g/mol. The smallest absolute Gasteiger partial charge is 0.274 e. The third-order valence-corrected chi connectivity index (χ3v) is 2.74. The molecule has 1 aromatic heterocycles. The lowest BCUT2D eigenvalue weighted by Crippen LogP contribution is -2.02. The first-order valence-corrected chi connectivity index (χ1v) is 5.53. The maximum atomic E-state index is 10.8. The van der Waals surface area contributed by atoms with E-state index >= 15 is 0 Å².